The number of hydrazone groups is 1. The van der Waals surface area contributed by atoms with E-state index in [-0.39, 0.29) is 22.8 Å². The molecule has 0 bridgehead atoms. The Morgan fingerprint density at radius 3 is 2.79 bits per heavy atom. The maximum absolute atomic E-state index is 11.3. The summed E-state index contributed by atoms with van der Waals surface area (Å²) in [5, 5.41) is 30.8. The summed E-state index contributed by atoms with van der Waals surface area (Å²) in [6, 6.07) is 3.02. The molecular weight excluding hydrogens is 254 g/mol. The lowest BCUT2D eigenvalue weighted by Gasteiger charge is -2.04. The number of anilines is 1. The summed E-state index contributed by atoms with van der Waals surface area (Å²) >= 11 is 0. The number of azo groups is 1. The van der Waals surface area contributed by atoms with Gasteiger partial charge in [-0.15, -0.1) is 5.11 Å². The molecule has 0 aromatic heterocycles. The predicted octanol–water partition coefficient (Wildman–Crippen LogP) is 1.45. The first-order chi connectivity index (χ1) is 8.99. The van der Waals surface area contributed by atoms with E-state index in [2.05, 4.69) is 20.8 Å². The first kappa shape index (κ1) is 12.6. The van der Waals surface area contributed by atoms with Crippen molar-refractivity contribution in [3.05, 3.63) is 28.3 Å². The number of hydrogen-bond donors (Lipinski definition) is 2. The topological polar surface area (TPSA) is 130 Å². The summed E-state index contributed by atoms with van der Waals surface area (Å²) in [4.78, 5) is 21.1. The molecule has 98 valence electrons. The first-order valence-corrected chi connectivity index (χ1v) is 5.25. The number of carbonyl (C=O) groups is 1. The Morgan fingerprint density at radius 2 is 2.26 bits per heavy atom. The molecule has 0 aliphatic carbocycles. The molecule has 9 nitrogen and oxygen atoms in total. The molecule has 1 heterocycles. The smallest absolute Gasteiger partial charge is 0.313 e. The molecule has 1 atom stereocenters. The minimum atomic E-state index is -0.629. The molecule has 19 heavy (non-hydrogen) atoms. The molecule has 0 spiro atoms. The van der Waals surface area contributed by atoms with Crippen molar-refractivity contribution in [1.82, 2.24) is 0 Å². The predicted molar refractivity (Wildman–Crippen MR) is 65.1 cm³/mol. The van der Waals surface area contributed by atoms with Crippen molar-refractivity contribution < 1.29 is 14.8 Å². The van der Waals surface area contributed by atoms with Crippen LogP contribution in [0.5, 0.6) is 5.75 Å². The SMILES string of the molecule is CC1N=NC(=O)/C1=N/Nc1ccc([N+](=O)[O-])cc1O. The highest BCUT2D eigenvalue weighted by Crippen LogP contribution is 2.27. The van der Waals surface area contributed by atoms with Crippen LogP contribution in [-0.4, -0.2) is 27.7 Å². The van der Waals surface area contributed by atoms with Gasteiger partial charge in [0, 0.05) is 6.07 Å². The average molecular weight is 263 g/mol. The molecule has 0 radical (unpaired) electrons. The summed E-state index contributed by atoms with van der Waals surface area (Å²) in [6.45, 7) is 1.64. The van der Waals surface area contributed by atoms with Gasteiger partial charge in [-0.1, -0.05) is 0 Å². The van der Waals surface area contributed by atoms with Crippen molar-refractivity contribution in [3.63, 3.8) is 0 Å². The van der Waals surface area contributed by atoms with E-state index >= 15 is 0 Å². The lowest BCUT2D eigenvalue weighted by Crippen LogP contribution is -2.18. The fourth-order valence-electron chi connectivity index (χ4n) is 1.41. The van der Waals surface area contributed by atoms with E-state index in [9.17, 15) is 20.0 Å². The second-order valence-electron chi connectivity index (χ2n) is 3.76. The van der Waals surface area contributed by atoms with Gasteiger partial charge in [-0.2, -0.15) is 10.2 Å². The highest BCUT2D eigenvalue weighted by atomic mass is 16.6. The maximum Gasteiger partial charge on any atom is 0.313 e. The third-order valence-electron chi connectivity index (χ3n) is 2.43. The lowest BCUT2D eigenvalue weighted by atomic mass is 10.2. The van der Waals surface area contributed by atoms with Gasteiger partial charge < -0.3 is 5.11 Å². The maximum atomic E-state index is 11.3. The van der Waals surface area contributed by atoms with Crippen LogP contribution in [0.15, 0.2) is 33.5 Å². The van der Waals surface area contributed by atoms with Crippen LogP contribution < -0.4 is 5.43 Å². The molecular formula is C10H9N5O4. The molecule has 1 aromatic rings. The van der Waals surface area contributed by atoms with E-state index in [0.29, 0.717) is 0 Å². The minimum absolute atomic E-state index is 0.109. The van der Waals surface area contributed by atoms with Gasteiger partial charge in [0.05, 0.1) is 16.7 Å². The molecule has 0 saturated heterocycles. The fraction of sp³-hybridized carbons (Fsp3) is 0.200. The number of rotatable bonds is 3. The van der Waals surface area contributed by atoms with E-state index in [0.717, 1.165) is 6.07 Å². The van der Waals surface area contributed by atoms with Crippen molar-refractivity contribution in [3.8, 4) is 5.75 Å². The Balaban J connectivity index is 2.19. The van der Waals surface area contributed by atoms with Crippen LogP contribution >= 0.6 is 0 Å². The van der Waals surface area contributed by atoms with Gasteiger partial charge in [0.2, 0.25) is 0 Å². The molecule has 1 amide bonds. The van der Waals surface area contributed by atoms with E-state index in [4.69, 9.17) is 0 Å². The van der Waals surface area contributed by atoms with Crippen LogP contribution in [0.3, 0.4) is 0 Å². The second kappa shape index (κ2) is 4.80. The molecule has 2 N–H and O–H groups in total. The normalized spacial score (nSPS) is 19.9. The summed E-state index contributed by atoms with van der Waals surface area (Å²) in [7, 11) is 0. The third-order valence-corrected chi connectivity index (χ3v) is 2.43. The van der Waals surface area contributed by atoms with Gasteiger partial charge in [0.1, 0.15) is 11.8 Å². The number of nitro groups is 1. The van der Waals surface area contributed by atoms with Gasteiger partial charge >= 0.3 is 5.91 Å². The zero-order valence-electron chi connectivity index (χ0n) is 9.77. The number of nitrogens with one attached hydrogen (secondary N) is 1. The molecule has 1 aliphatic heterocycles. The van der Waals surface area contributed by atoms with Crippen LogP contribution in [0.4, 0.5) is 11.4 Å². The number of aromatic hydroxyl groups is 1. The van der Waals surface area contributed by atoms with Crippen molar-refractivity contribution >= 4 is 23.0 Å². The number of nitro benzene ring substituents is 1. The van der Waals surface area contributed by atoms with Crippen molar-refractivity contribution in [1.29, 1.82) is 0 Å². The molecule has 0 fully saturated rings. The monoisotopic (exact) mass is 263 g/mol. The minimum Gasteiger partial charge on any atom is -0.505 e. The number of nitrogens with zero attached hydrogens (tertiary/aromatic N) is 4. The Bertz CT molecular complexity index is 610. The van der Waals surface area contributed by atoms with Gasteiger partial charge in [0.15, 0.2) is 5.71 Å². The van der Waals surface area contributed by atoms with Crippen LogP contribution in [0.2, 0.25) is 0 Å². The Morgan fingerprint density at radius 1 is 1.53 bits per heavy atom. The lowest BCUT2D eigenvalue weighted by molar-refractivity contribution is -0.384. The standard InChI is InChI=1S/C10H9N5O4/c1-5-9(10(17)14-11-5)13-12-7-3-2-6(15(18)19)4-8(7)16/h2-5,12,16H,1H3/b13-9+. The molecule has 0 saturated carbocycles. The number of hydrogen-bond acceptors (Lipinski definition) is 7. The van der Waals surface area contributed by atoms with Gasteiger partial charge in [-0.25, -0.2) is 0 Å². The number of amides is 1. The van der Waals surface area contributed by atoms with E-state index in [1.165, 1.54) is 12.1 Å². The third kappa shape index (κ3) is 2.54. The molecule has 9 heteroatoms. The van der Waals surface area contributed by atoms with Gasteiger partial charge in [-0.05, 0) is 13.0 Å². The summed E-state index contributed by atoms with van der Waals surface area (Å²) in [6.07, 6.45) is 0. The largest absolute Gasteiger partial charge is 0.505 e. The Labute approximate surface area is 106 Å². The highest BCUT2D eigenvalue weighted by Gasteiger charge is 2.25. The number of carbonyl (C=O) groups excluding carboxylic acids is 1. The number of benzene rings is 1. The van der Waals surface area contributed by atoms with Crippen molar-refractivity contribution in [2.45, 2.75) is 13.0 Å². The van der Waals surface area contributed by atoms with Crippen molar-refractivity contribution in [2.24, 2.45) is 15.3 Å². The number of phenols is 1. The van der Waals surface area contributed by atoms with Crippen LogP contribution in [0.1, 0.15) is 6.92 Å². The summed E-state index contributed by atoms with van der Waals surface area (Å²) in [5.41, 5.74) is 2.46. The summed E-state index contributed by atoms with van der Waals surface area (Å²) < 4.78 is 0. The van der Waals surface area contributed by atoms with Crippen LogP contribution in [-0.2, 0) is 4.79 Å². The summed E-state index contributed by atoms with van der Waals surface area (Å²) in [5.74, 6) is -0.896. The molecule has 2 rings (SSSR count). The zero-order valence-corrected chi connectivity index (χ0v) is 9.77. The fourth-order valence-corrected chi connectivity index (χ4v) is 1.41. The zero-order chi connectivity index (χ0) is 14.0. The van der Waals surface area contributed by atoms with Crippen molar-refractivity contribution in [2.75, 3.05) is 5.43 Å². The number of non-ortho nitro benzene ring substituents is 1. The van der Waals surface area contributed by atoms with E-state index in [1.54, 1.807) is 6.92 Å². The average Bonchev–Trinajstić information content (AvgIpc) is 2.68. The molecule has 1 aliphatic rings. The molecule has 1 aromatic carbocycles. The second-order valence-corrected chi connectivity index (χ2v) is 3.76. The number of phenolic OH excluding ortho intramolecular Hbond substituents is 1. The van der Waals surface area contributed by atoms with Gasteiger partial charge in [0.25, 0.3) is 5.69 Å². The van der Waals surface area contributed by atoms with Gasteiger partial charge in [-0.3, -0.25) is 20.3 Å². The van der Waals surface area contributed by atoms with E-state index in [1.807, 2.05) is 0 Å². The van der Waals surface area contributed by atoms with Crippen LogP contribution in [0.25, 0.3) is 0 Å². The highest BCUT2D eigenvalue weighted by molar-refractivity contribution is 6.42. The molecule has 1 unspecified atom stereocenters. The Hall–Kier alpha value is -2.84. The Kier molecular flexibility index (Phi) is 3.19. The van der Waals surface area contributed by atoms with E-state index < -0.39 is 16.9 Å². The van der Waals surface area contributed by atoms with Crippen LogP contribution in [0, 0.1) is 10.1 Å². The first-order valence-electron chi connectivity index (χ1n) is 5.25. The quantitative estimate of drug-likeness (QED) is 0.484.